The van der Waals surface area contributed by atoms with Crippen molar-refractivity contribution >= 4 is 149 Å². The van der Waals surface area contributed by atoms with Gasteiger partial charge in [-0.25, -0.2) is 9.97 Å². The molecular weight excluding hydrogens is 2140 g/mol. The van der Waals surface area contributed by atoms with E-state index in [0.717, 1.165) is 127 Å². The van der Waals surface area contributed by atoms with Gasteiger partial charge in [0.2, 0.25) is 17.3 Å². The number of hydrogen-bond donors (Lipinski definition) is 4. The number of pyridine rings is 4. The third-order valence-corrected chi connectivity index (χ3v) is 20.7. The number of rotatable bonds is 16. The first kappa shape index (κ1) is 110. The second-order valence-corrected chi connectivity index (χ2v) is 37.3. The molecule has 4 N–H and O–H groups in total. The molecule has 0 saturated carbocycles. The fraction of sp³-hybridized carbons (Fsp3) is 0.450. The Morgan fingerprint density at radius 3 is 1.14 bits per heavy atom. The number of nitrogens with one attached hydrogen (secondary N) is 1. The highest BCUT2D eigenvalue weighted by molar-refractivity contribution is 14.1. The number of methoxy groups -OCH3 is 2. The Labute approximate surface area is 757 Å². The summed E-state index contributed by atoms with van der Waals surface area (Å²) >= 11 is 15.4. The Morgan fingerprint density at radius 1 is 0.491 bits per heavy atom. The van der Waals surface area contributed by atoms with E-state index in [9.17, 15) is 35.9 Å². The molecule has 8 heterocycles. The summed E-state index contributed by atoms with van der Waals surface area (Å²) in [6.07, 6.45) is 11.4. The van der Waals surface area contributed by atoms with Gasteiger partial charge in [-0.15, -0.1) is 26.3 Å². The summed E-state index contributed by atoms with van der Waals surface area (Å²) in [6, 6.07) is 16.1. The van der Waals surface area contributed by atoms with Crippen molar-refractivity contribution in [3.63, 3.8) is 0 Å². The van der Waals surface area contributed by atoms with Gasteiger partial charge in [-0.05, 0) is 168 Å². The van der Waals surface area contributed by atoms with Crippen LogP contribution < -0.4 is 40.2 Å². The molecule has 2 aromatic carbocycles. The van der Waals surface area contributed by atoms with E-state index in [1.165, 1.54) is 73.2 Å². The van der Waals surface area contributed by atoms with Gasteiger partial charge >= 0.3 is 27.5 Å². The van der Waals surface area contributed by atoms with Crippen LogP contribution >= 0.6 is 129 Å². The van der Waals surface area contributed by atoms with Crippen LogP contribution in [0.4, 0.5) is 26.3 Å². The quantitative estimate of drug-likeness (QED) is 0.0303. The Morgan fingerprint density at radius 2 is 0.836 bits per heavy atom. The molecule has 8 aromatic heterocycles. The SMILES string of the molecule is CCC(C)I.CCC(C)I.CCC(C)I.CCC(C)I.CCC(C)I.COc1cc(C)c(-c2cn(C)nc2C)cn1.COc1cc(C)c(O[B]O)cn1.Cc1cc(=O)[nH]cc1-c1cn(C)nc1C.Cc1cc(=O)n(-c2ccc(OC(F)(F)F)cc2)cc1-c1cn(C)nc1C.Cc1nn(C)cc1Br.OB(O)c1ccc(OC(F)(F)F)cc1. The lowest BCUT2D eigenvalue weighted by Crippen LogP contribution is -2.29. The highest BCUT2D eigenvalue weighted by Crippen LogP contribution is 2.30. The number of halogens is 12. The fourth-order valence-electron chi connectivity index (χ4n) is 8.52. The van der Waals surface area contributed by atoms with Gasteiger partial charge in [0.05, 0.1) is 47.7 Å². The van der Waals surface area contributed by atoms with Crippen LogP contribution in [0.25, 0.3) is 39.1 Å². The summed E-state index contributed by atoms with van der Waals surface area (Å²) in [4.78, 5) is 34.3. The molecule has 0 amide bonds. The minimum atomic E-state index is -4.76. The maximum atomic E-state index is 12.4. The van der Waals surface area contributed by atoms with Crippen LogP contribution in [0.2, 0.25) is 0 Å². The number of H-pyrrole nitrogens is 1. The van der Waals surface area contributed by atoms with E-state index < -0.39 is 25.6 Å². The van der Waals surface area contributed by atoms with E-state index >= 15 is 0 Å². The number of aromatic nitrogens is 12. The van der Waals surface area contributed by atoms with Gasteiger partial charge < -0.3 is 43.7 Å². The largest absolute Gasteiger partial charge is 0.573 e. The van der Waals surface area contributed by atoms with Crippen molar-refractivity contribution in [1.29, 1.82) is 0 Å². The van der Waals surface area contributed by atoms with Crippen LogP contribution in [-0.4, -0.2) is 135 Å². The van der Waals surface area contributed by atoms with E-state index in [2.05, 4.69) is 243 Å². The lowest BCUT2D eigenvalue weighted by molar-refractivity contribution is -0.275. The zero-order valence-electron chi connectivity index (χ0n) is 70.3. The van der Waals surface area contributed by atoms with Gasteiger partial charge in [-0.3, -0.25) is 32.9 Å². The third-order valence-electron chi connectivity index (χ3n) is 15.6. The Kier molecular flexibility index (Phi) is 54.6. The van der Waals surface area contributed by atoms with E-state index in [-0.39, 0.29) is 22.3 Å². The van der Waals surface area contributed by atoms with Crippen molar-refractivity contribution in [1.82, 2.24) is 58.6 Å². The molecule has 36 heteroatoms. The molecule has 1 radical (unpaired) electrons. The molecule has 0 aliphatic heterocycles. The molecule has 116 heavy (non-hydrogen) atoms. The van der Waals surface area contributed by atoms with Gasteiger partial charge in [0.15, 0.2) is 0 Å². The molecule has 0 aliphatic rings. The molecule has 10 rings (SSSR count). The summed E-state index contributed by atoms with van der Waals surface area (Å²) in [5, 5.41) is 42.6. The minimum absolute atomic E-state index is 0.0715. The highest BCUT2D eigenvalue weighted by Gasteiger charge is 2.32. The van der Waals surface area contributed by atoms with E-state index in [1.54, 1.807) is 59.8 Å². The number of ether oxygens (including phenoxy) is 4. The Hall–Kier alpha value is -5.80. The predicted octanol–water partition coefficient (Wildman–Crippen LogP) is 20.4. The van der Waals surface area contributed by atoms with Gasteiger partial charge in [0.25, 0.3) is 5.56 Å². The van der Waals surface area contributed by atoms with E-state index in [1.807, 2.05) is 118 Å². The maximum absolute atomic E-state index is 12.4. The molecule has 10 aromatic rings. The van der Waals surface area contributed by atoms with Crippen LogP contribution in [0.5, 0.6) is 29.0 Å². The number of hydrogen-bond acceptors (Lipinski definition) is 16. The number of alkyl halides is 11. The van der Waals surface area contributed by atoms with Gasteiger partial charge in [-0.1, -0.05) is 194 Å². The first-order valence-corrected chi connectivity index (χ1v) is 43.6. The number of benzene rings is 2. The average molecular weight is 2250 g/mol. The predicted molar refractivity (Wildman–Crippen MR) is 503 cm³/mol. The summed E-state index contributed by atoms with van der Waals surface area (Å²) in [6.45, 7) is 37.4. The van der Waals surface area contributed by atoms with Crippen LogP contribution in [0.15, 0.2) is 136 Å². The van der Waals surface area contributed by atoms with Crippen molar-refractivity contribution in [3.05, 3.63) is 193 Å². The molecular formula is C80H111B2BrF6I5N12O10. The normalized spacial score (nSPS) is 11.6. The second kappa shape index (κ2) is 57.4. The fourth-order valence-corrected chi connectivity index (χ4v) is 8.90. The lowest BCUT2D eigenvalue weighted by atomic mass is 9.80. The Balaban J connectivity index is 0.00000132. The summed E-state index contributed by atoms with van der Waals surface area (Å²) in [5.41, 5.74) is 13.8. The van der Waals surface area contributed by atoms with E-state index in [4.69, 9.17) is 29.2 Å². The number of nitrogens with zero attached hydrogens (tertiary/aromatic N) is 11. The molecule has 0 saturated heterocycles. The zero-order chi connectivity index (χ0) is 89.1. The second-order valence-electron chi connectivity index (χ2n) is 25.8. The van der Waals surface area contributed by atoms with Gasteiger partial charge in [0, 0.05) is 155 Å². The van der Waals surface area contributed by atoms with Crippen molar-refractivity contribution in [2.75, 3.05) is 14.2 Å². The monoisotopic (exact) mass is 2250 g/mol. The highest BCUT2D eigenvalue weighted by atomic mass is 127. The molecule has 22 nitrogen and oxygen atoms in total. The molecule has 641 valence electrons. The minimum Gasteiger partial charge on any atom is -0.536 e. The summed E-state index contributed by atoms with van der Waals surface area (Å²) in [7, 11) is 9.60. The van der Waals surface area contributed by atoms with Crippen LogP contribution in [0, 0.1) is 55.4 Å². The first-order valence-electron chi connectivity index (χ1n) is 36.6. The van der Waals surface area contributed by atoms with Gasteiger partial charge in [-0.2, -0.15) is 20.4 Å². The average Bonchev–Trinajstić information content (AvgIpc) is 1.54. The first-order chi connectivity index (χ1) is 54.0. The molecule has 5 unspecified atom stereocenters. The van der Waals surface area contributed by atoms with Crippen molar-refractivity contribution < 1.29 is 65.0 Å². The molecule has 0 bridgehead atoms. The van der Waals surface area contributed by atoms with Crippen LogP contribution in [-0.2, 0) is 28.2 Å². The van der Waals surface area contributed by atoms with Crippen molar-refractivity contribution in [2.45, 2.75) is 189 Å². The smallest absolute Gasteiger partial charge is 0.536 e. The topological polar surface area (TPSA) is 259 Å². The van der Waals surface area contributed by atoms with Crippen LogP contribution in [0.3, 0.4) is 0 Å². The molecule has 5 atom stereocenters. The lowest BCUT2D eigenvalue weighted by Gasteiger charge is -2.12. The summed E-state index contributed by atoms with van der Waals surface area (Å²) in [5.74, 6) is 0.936. The molecule has 0 aliphatic carbocycles. The molecule has 0 fully saturated rings. The molecule has 0 spiro atoms. The summed E-state index contributed by atoms with van der Waals surface area (Å²) < 4.78 is 108. The number of aromatic amines is 1. The Bertz CT molecular complexity index is 4480. The van der Waals surface area contributed by atoms with Crippen molar-refractivity contribution in [3.8, 4) is 68.1 Å². The van der Waals surface area contributed by atoms with E-state index in [0.29, 0.717) is 30.9 Å². The number of aryl methyl sites for hydroxylation is 12. The van der Waals surface area contributed by atoms with Crippen LogP contribution in [0.1, 0.15) is 146 Å². The standard InChI is InChI=1S/C18H16F3N3O2.C12H15N3O.C11H13N3O.C7H6BF3O3.C7H9BNO3.C5H7BrN2.5C4H9I/c1-11-8-17(25)24(10-15(11)16-9-23(3)22-12(16)2)13-4-6-14(7-5-13)26-18(19,20)21;1-8-5-12(16-4)13-6-10(8)11-7-15(3)14-9(11)2;1-7-4-11(15)12-5-9(7)10-6-14(3)13-8(10)2;9-7(10,11)14-6-3-1-5(2-4-6)8(12)13;1-5-3-7(11-2)9-4-6(5)12-8-10;1-4-5(6)3-8(2)7-4;5*1-3-4(2)5/h4-10H,1-3H3;5-7H,1-4H3;4-6H,1-3H3,(H,12,15);1-4,12-13H;3-4,10H,1-2H3;3H,1-2H3;5*4H,3H2,1-2H3. The van der Waals surface area contributed by atoms with Gasteiger partial charge in [0.1, 0.15) is 17.2 Å². The third kappa shape index (κ3) is 46.1. The van der Waals surface area contributed by atoms with Crippen molar-refractivity contribution in [2.24, 2.45) is 28.2 Å². The maximum Gasteiger partial charge on any atom is 0.573 e. The zero-order valence-corrected chi connectivity index (χ0v) is 82.7.